The Morgan fingerprint density at radius 2 is 2.00 bits per heavy atom. The summed E-state index contributed by atoms with van der Waals surface area (Å²) in [5.74, 6) is -2.20. The Balaban J connectivity index is 1.96. The molecule has 1 aliphatic rings. The van der Waals surface area contributed by atoms with Crippen molar-refractivity contribution in [2.45, 2.75) is 11.5 Å². The third-order valence-electron chi connectivity index (χ3n) is 3.82. The maximum absolute atomic E-state index is 12.7. The SMILES string of the molecule is O=C(O)CN1C(=O)COc2ccc(S(=O)(=O)Nc3ccccc3OC(F)F)cc21. The van der Waals surface area contributed by atoms with Crippen LogP contribution in [0.1, 0.15) is 0 Å². The largest absolute Gasteiger partial charge is 0.482 e. The number of rotatable bonds is 7. The predicted octanol–water partition coefficient (Wildman–Crippen LogP) is 1.90. The molecule has 2 aromatic rings. The summed E-state index contributed by atoms with van der Waals surface area (Å²) >= 11 is 0. The fraction of sp³-hybridized carbons (Fsp3) is 0.176. The van der Waals surface area contributed by atoms with E-state index < -0.39 is 35.1 Å². The molecule has 1 aliphatic heterocycles. The van der Waals surface area contributed by atoms with Gasteiger partial charge in [0.1, 0.15) is 18.0 Å². The van der Waals surface area contributed by atoms with Crippen molar-refractivity contribution < 1.29 is 41.4 Å². The van der Waals surface area contributed by atoms with Crippen LogP contribution < -0.4 is 19.1 Å². The number of anilines is 2. The molecule has 9 nitrogen and oxygen atoms in total. The number of amides is 1. The Kier molecular flexibility index (Phi) is 5.55. The number of alkyl halides is 2. The summed E-state index contributed by atoms with van der Waals surface area (Å²) in [6, 6.07) is 8.72. The third kappa shape index (κ3) is 4.54. The minimum atomic E-state index is -4.29. The van der Waals surface area contributed by atoms with Gasteiger partial charge in [0.05, 0.1) is 16.3 Å². The topological polar surface area (TPSA) is 122 Å². The highest BCUT2D eigenvalue weighted by Crippen LogP contribution is 2.35. The van der Waals surface area contributed by atoms with Crippen LogP contribution in [0, 0.1) is 0 Å². The highest BCUT2D eigenvalue weighted by molar-refractivity contribution is 7.92. The van der Waals surface area contributed by atoms with Crippen LogP contribution in [0.4, 0.5) is 20.2 Å². The van der Waals surface area contributed by atoms with Crippen molar-refractivity contribution in [1.29, 1.82) is 0 Å². The second kappa shape index (κ2) is 7.91. The van der Waals surface area contributed by atoms with E-state index in [1.807, 2.05) is 0 Å². The molecule has 0 spiro atoms. The molecular formula is C17H14F2N2O7S. The summed E-state index contributed by atoms with van der Waals surface area (Å²) in [6.07, 6.45) is 0. The van der Waals surface area contributed by atoms with Crippen molar-refractivity contribution in [3.63, 3.8) is 0 Å². The van der Waals surface area contributed by atoms with Crippen molar-refractivity contribution in [2.75, 3.05) is 22.8 Å². The number of nitrogens with zero attached hydrogens (tertiary/aromatic N) is 1. The highest BCUT2D eigenvalue weighted by Gasteiger charge is 2.29. The molecule has 0 saturated carbocycles. The number of carbonyl (C=O) groups excluding carboxylic acids is 1. The molecule has 0 aromatic heterocycles. The van der Waals surface area contributed by atoms with Crippen LogP contribution in [0.2, 0.25) is 0 Å². The number of carboxylic acid groups (broad SMARTS) is 1. The first-order valence-electron chi connectivity index (χ1n) is 8.03. The summed E-state index contributed by atoms with van der Waals surface area (Å²) in [7, 11) is -4.29. The third-order valence-corrected chi connectivity index (χ3v) is 5.19. The van der Waals surface area contributed by atoms with E-state index in [4.69, 9.17) is 9.84 Å². The van der Waals surface area contributed by atoms with E-state index in [0.29, 0.717) is 0 Å². The summed E-state index contributed by atoms with van der Waals surface area (Å²) in [5, 5.41) is 9.00. The van der Waals surface area contributed by atoms with E-state index in [-0.39, 0.29) is 34.4 Å². The van der Waals surface area contributed by atoms with E-state index in [2.05, 4.69) is 9.46 Å². The van der Waals surface area contributed by atoms with Gasteiger partial charge in [0.2, 0.25) is 0 Å². The van der Waals surface area contributed by atoms with Crippen LogP contribution in [0.15, 0.2) is 47.4 Å². The zero-order valence-electron chi connectivity index (χ0n) is 14.5. The van der Waals surface area contributed by atoms with Gasteiger partial charge in [-0.25, -0.2) is 8.42 Å². The first-order valence-corrected chi connectivity index (χ1v) is 9.51. The lowest BCUT2D eigenvalue weighted by Crippen LogP contribution is -2.42. The molecule has 154 valence electrons. The lowest BCUT2D eigenvalue weighted by Gasteiger charge is -2.28. The molecule has 2 N–H and O–H groups in total. The lowest BCUT2D eigenvalue weighted by molar-refractivity contribution is -0.137. The minimum Gasteiger partial charge on any atom is -0.482 e. The first kappa shape index (κ1) is 20.3. The second-order valence-electron chi connectivity index (χ2n) is 5.77. The fourth-order valence-corrected chi connectivity index (χ4v) is 3.70. The number of aliphatic carboxylic acids is 1. The van der Waals surface area contributed by atoms with Crippen LogP contribution in [0.25, 0.3) is 0 Å². The van der Waals surface area contributed by atoms with E-state index in [0.717, 1.165) is 17.0 Å². The molecule has 29 heavy (non-hydrogen) atoms. The molecule has 0 fully saturated rings. The van der Waals surface area contributed by atoms with Gasteiger partial charge in [-0.2, -0.15) is 8.78 Å². The van der Waals surface area contributed by atoms with Crippen LogP contribution in [-0.4, -0.2) is 45.2 Å². The highest BCUT2D eigenvalue weighted by atomic mass is 32.2. The van der Waals surface area contributed by atoms with Crippen molar-refractivity contribution in [3.05, 3.63) is 42.5 Å². The molecule has 0 aliphatic carbocycles. The summed E-state index contributed by atoms with van der Waals surface area (Å²) in [4.78, 5) is 23.6. The standard InChI is InChI=1S/C17H14F2N2O7S/c18-17(19)28-13-4-2-1-3-11(13)20-29(25,26)10-5-6-14-12(7-10)21(8-16(23)24)15(22)9-27-14/h1-7,17,20H,8-9H2,(H,23,24). The van der Waals surface area contributed by atoms with Gasteiger partial charge in [-0.1, -0.05) is 12.1 Å². The smallest absolute Gasteiger partial charge is 0.387 e. The first-order chi connectivity index (χ1) is 13.7. The number of benzene rings is 2. The lowest BCUT2D eigenvalue weighted by atomic mass is 10.2. The van der Waals surface area contributed by atoms with Crippen molar-refractivity contribution in [3.8, 4) is 11.5 Å². The molecule has 2 aromatic carbocycles. The molecule has 0 unspecified atom stereocenters. The number of halogens is 2. The molecule has 0 saturated heterocycles. The van der Waals surface area contributed by atoms with E-state index >= 15 is 0 Å². The summed E-state index contributed by atoms with van der Waals surface area (Å²) in [6.45, 7) is -4.22. The van der Waals surface area contributed by atoms with Gasteiger partial charge >= 0.3 is 12.6 Å². The molecule has 0 radical (unpaired) electrons. The minimum absolute atomic E-state index is 0.0383. The second-order valence-corrected chi connectivity index (χ2v) is 7.45. The summed E-state index contributed by atoms with van der Waals surface area (Å²) in [5.41, 5.74) is -0.260. The van der Waals surface area contributed by atoms with Gasteiger partial charge in [-0.15, -0.1) is 0 Å². The monoisotopic (exact) mass is 428 g/mol. The molecule has 12 heteroatoms. The van der Waals surface area contributed by atoms with Crippen LogP contribution >= 0.6 is 0 Å². The number of para-hydroxylation sites is 2. The number of ether oxygens (including phenoxy) is 2. The van der Waals surface area contributed by atoms with Crippen molar-refractivity contribution >= 4 is 33.3 Å². The molecule has 1 heterocycles. The van der Waals surface area contributed by atoms with Gasteiger partial charge in [-0.3, -0.25) is 19.2 Å². The molecule has 1 amide bonds. The van der Waals surface area contributed by atoms with Crippen molar-refractivity contribution in [1.82, 2.24) is 0 Å². The molecule has 3 rings (SSSR count). The van der Waals surface area contributed by atoms with Crippen molar-refractivity contribution in [2.24, 2.45) is 0 Å². The number of carboxylic acids is 1. The number of fused-ring (bicyclic) bond motifs is 1. The fourth-order valence-electron chi connectivity index (χ4n) is 2.61. The van der Waals surface area contributed by atoms with Gasteiger partial charge in [0, 0.05) is 0 Å². The quantitative estimate of drug-likeness (QED) is 0.691. The average Bonchev–Trinajstić information content (AvgIpc) is 2.64. The zero-order valence-corrected chi connectivity index (χ0v) is 15.4. The Morgan fingerprint density at radius 1 is 1.28 bits per heavy atom. The summed E-state index contributed by atoms with van der Waals surface area (Å²) < 4.78 is 62.1. The van der Waals surface area contributed by atoms with Crippen LogP contribution in [-0.2, 0) is 19.6 Å². The Bertz CT molecular complexity index is 1060. The number of hydrogen-bond acceptors (Lipinski definition) is 6. The number of carbonyl (C=O) groups is 2. The number of sulfonamides is 1. The zero-order chi connectivity index (χ0) is 21.2. The maximum Gasteiger partial charge on any atom is 0.387 e. The Labute approximate surface area is 163 Å². The van der Waals surface area contributed by atoms with Gasteiger partial charge in [0.15, 0.2) is 6.61 Å². The average molecular weight is 428 g/mol. The van der Waals surface area contributed by atoms with Gasteiger partial charge in [0.25, 0.3) is 15.9 Å². The Hall–Kier alpha value is -3.41. The predicted molar refractivity (Wildman–Crippen MR) is 95.8 cm³/mol. The number of hydrogen-bond donors (Lipinski definition) is 2. The van der Waals surface area contributed by atoms with Crippen LogP contribution in [0.5, 0.6) is 11.5 Å². The van der Waals surface area contributed by atoms with Crippen LogP contribution in [0.3, 0.4) is 0 Å². The van der Waals surface area contributed by atoms with Gasteiger partial charge < -0.3 is 14.6 Å². The maximum atomic E-state index is 12.7. The van der Waals surface area contributed by atoms with E-state index in [1.165, 1.54) is 30.3 Å². The normalized spacial score (nSPS) is 13.6. The van der Waals surface area contributed by atoms with E-state index in [1.54, 1.807) is 0 Å². The molecule has 0 atom stereocenters. The Morgan fingerprint density at radius 3 is 2.69 bits per heavy atom. The van der Waals surface area contributed by atoms with Gasteiger partial charge in [-0.05, 0) is 30.3 Å². The molecule has 0 bridgehead atoms. The van der Waals surface area contributed by atoms with E-state index in [9.17, 15) is 26.8 Å². The molecular weight excluding hydrogens is 414 g/mol. The number of nitrogens with one attached hydrogen (secondary N) is 1.